The molecule has 1 aliphatic carbocycles. The molecule has 0 aromatic heterocycles. The highest BCUT2D eigenvalue weighted by Crippen LogP contribution is 2.36. The van der Waals surface area contributed by atoms with Crippen LogP contribution in [0.5, 0.6) is 0 Å². The number of hydrogen-bond donors (Lipinski definition) is 0. The third-order valence-corrected chi connectivity index (χ3v) is 6.25. The van der Waals surface area contributed by atoms with Crippen molar-refractivity contribution in [3.63, 3.8) is 0 Å². The zero-order valence-electron chi connectivity index (χ0n) is 18.4. The molecule has 3 aromatic carbocycles. The zero-order valence-corrected chi connectivity index (χ0v) is 18.4. The molecule has 4 rings (SSSR count). The Morgan fingerprint density at radius 2 is 1.50 bits per heavy atom. The van der Waals surface area contributed by atoms with Crippen LogP contribution in [-0.4, -0.2) is 0 Å². The number of fused-ring (bicyclic) bond motifs is 1. The molecule has 164 valence electrons. The van der Waals surface area contributed by atoms with E-state index in [1.807, 2.05) is 12.1 Å². The van der Waals surface area contributed by atoms with Gasteiger partial charge in [-0.15, -0.1) is 0 Å². The monoisotopic (exact) mass is 432 g/mol. The van der Waals surface area contributed by atoms with Crippen LogP contribution >= 0.6 is 0 Å². The van der Waals surface area contributed by atoms with Crippen LogP contribution in [0.2, 0.25) is 0 Å². The highest BCUT2D eigenvalue weighted by molar-refractivity contribution is 5.47. The summed E-state index contributed by atoms with van der Waals surface area (Å²) < 4.78 is 42.7. The lowest BCUT2D eigenvalue weighted by atomic mass is 9.79. The number of aryl methyl sites for hydroxylation is 2. The Bertz CT molecular complexity index is 1130. The molecule has 0 amide bonds. The van der Waals surface area contributed by atoms with Gasteiger partial charge in [0.05, 0.1) is 0 Å². The molecule has 3 heteroatoms. The maximum Gasteiger partial charge on any atom is 0.129 e. The molecule has 0 saturated carbocycles. The fourth-order valence-corrected chi connectivity index (χ4v) is 4.51. The Morgan fingerprint density at radius 1 is 0.812 bits per heavy atom. The fraction of sp³-hybridized carbons (Fsp3) is 0.310. The third kappa shape index (κ3) is 5.25. The minimum absolute atomic E-state index is 0.150. The first-order valence-electron chi connectivity index (χ1n) is 11.4. The van der Waals surface area contributed by atoms with Gasteiger partial charge < -0.3 is 0 Å². The summed E-state index contributed by atoms with van der Waals surface area (Å²) in [4.78, 5) is 0. The van der Waals surface area contributed by atoms with E-state index in [0.717, 1.165) is 54.4 Å². The van der Waals surface area contributed by atoms with E-state index in [1.54, 1.807) is 12.1 Å². The van der Waals surface area contributed by atoms with Crippen LogP contribution in [-0.2, 0) is 19.3 Å². The Balaban J connectivity index is 1.49. The summed E-state index contributed by atoms with van der Waals surface area (Å²) in [5.74, 6) is 4.93. The van der Waals surface area contributed by atoms with E-state index in [9.17, 15) is 13.2 Å². The van der Waals surface area contributed by atoms with Gasteiger partial charge in [-0.2, -0.15) is 0 Å². The molecule has 0 bridgehead atoms. The van der Waals surface area contributed by atoms with Crippen molar-refractivity contribution in [1.29, 1.82) is 0 Å². The van der Waals surface area contributed by atoms with Crippen molar-refractivity contribution >= 4 is 0 Å². The first-order chi connectivity index (χ1) is 15.5. The minimum atomic E-state index is -0.410. The molecule has 1 unspecified atom stereocenters. The summed E-state index contributed by atoms with van der Waals surface area (Å²) in [6.45, 7) is 2.12. The van der Waals surface area contributed by atoms with Crippen LogP contribution in [0.25, 0.3) is 0 Å². The van der Waals surface area contributed by atoms with Crippen LogP contribution in [0.15, 0.2) is 54.6 Å². The number of halogens is 3. The molecule has 0 heterocycles. The van der Waals surface area contributed by atoms with Gasteiger partial charge in [-0.3, -0.25) is 0 Å². The number of unbranched alkanes of at least 4 members (excludes halogenated alkanes) is 2. The SMILES string of the molecule is CCCCCc1cc(F)c(C2CCc3cc(C#Cc4ccc(F)cc4)ccc3C2)c(F)c1. The van der Waals surface area contributed by atoms with Gasteiger partial charge in [0.25, 0.3) is 0 Å². The molecule has 0 aliphatic heterocycles. The highest BCUT2D eigenvalue weighted by Gasteiger charge is 2.26. The molecular formula is C29H27F3. The molecular weight excluding hydrogens is 405 g/mol. The lowest BCUT2D eigenvalue weighted by Crippen LogP contribution is -2.16. The molecule has 0 saturated heterocycles. The van der Waals surface area contributed by atoms with Crippen LogP contribution in [0, 0.1) is 29.3 Å². The second kappa shape index (κ2) is 10.1. The summed E-state index contributed by atoms with van der Waals surface area (Å²) in [5, 5.41) is 0. The maximum absolute atomic E-state index is 14.8. The summed E-state index contributed by atoms with van der Waals surface area (Å²) in [5.41, 5.74) is 4.94. The molecule has 32 heavy (non-hydrogen) atoms. The van der Waals surface area contributed by atoms with Crippen LogP contribution in [0.4, 0.5) is 13.2 Å². The quantitative estimate of drug-likeness (QED) is 0.289. The van der Waals surface area contributed by atoms with E-state index in [-0.39, 0.29) is 17.3 Å². The Morgan fingerprint density at radius 3 is 2.22 bits per heavy atom. The van der Waals surface area contributed by atoms with Crippen molar-refractivity contribution in [3.8, 4) is 11.8 Å². The van der Waals surface area contributed by atoms with Gasteiger partial charge in [-0.25, -0.2) is 13.2 Å². The van der Waals surface area contributed by atoms with E-state index in [1.165, 1.54) is 29.8 Å². The topological polar surface area (TPSA) is 0 Å². The molecule has 0 N–H and O–H groups in total. The van der Waals surface area contributed by atoms with Crippen LogP contribution in [0.1, 0.15) is 71.9 Å². The van der Waals surface area contributed by atoms with Gasteiger partial charge in [-0.1, -0.05) is 37.7 Å². The van der Waals surface area contributed by atoms with Crippen molar-refractivity contribution in [2.24, 2.45) is 0 Å². The predicted molar refractivity (Wildman–Crippen MR) is 123 cm³/mol. The molecule has 1 aliphatic rings. The van der Waals surface area contributed by atoms with Crippen molar-refractivity contribution in [3.05, 3.63) is 105 Å². The molecule has 1 atom stereocenters. The summed E-state index contributed by atoms with van der Waals surface area (Å²) in [6, 6.07) is 15.2. The third-order valence-electron chi connectivity index (χ3n) is 6.25. The Hall–Kier alpha value is -2.99. The number of rotatable bonds is 5. The van der Waals surface area contributed by atoms with E-state index >= 15 is 0 Å². The van der Waals surface area contributed by atoms with Gasteiger partial charge in [0.1, 0.15) is 17.5 Å². The summed E-state index contributed by atoms with van der Waals surface area (Å²) >= 11 is 0. The van der Waals surface area contributed by atoms with Crippen LogP contribution in [0.3, 0.4) is 0 Å². The van der Waals surface area contributed by atoms with Crippen LogP contribution < -0.4 is 0 Å². The van der Waals surface area contributed by atoms with Crippen molar-refractivity contribution < 1.29 is 13.2 Å². The Labute approximate surface area is 188 Å². The first kappa shape index (κ1) is 22.2. The van der Waals surface area contributed by atoms with E-state index in [4.69, 9.17) is 0 Å². The van der Waals surface area contributed by atoms with Gasteiger partial charge in [0.15, 0.2) is 0 Å². The molecule has 0 nitrogen and oxygen atoms in total. The normalized spacial score (nSPS) is 15.1. The summed E-state index contributed by atoms with van der Waals surface area (Å²) in [7, 11) is 0. The summed E-state index contributed by atoms with van der Waals surface area (Å²) in [6.07, 6.45) is 5.94. The fourth-order valence-electron chi connectivity index (χ4n) is 4.51. The number of hydrogen-bond acceptors (Lipinski definition) is 0. The van der Waals surface area contributed by atoms with E-state index in [0.29, 0.717) is 12.8 Å². The van der Waals surface area contributed by atoms with Gasteiger partial charge in [-0.05, 0) is 103 Å². The average Bonchev–Trinajstić information content (AvgIpc) is 2.78. The van der Waals surface area contributed by atoms with Crippen molar-refractivity contribution in [1.82, 2.24) is 0 Å². The molecule has 0 radical (unpaired) electrons. The minimum Gasteiger partial charge on any atom is -0.207 e. The number of benzene rings is 3. The first-order valence-corrected chi connectivity index (χ1v) is 11.4. The predicted octanol–water partition coefficient (Wildman–Crippen LogP) is 7.51. The van der Waals surface area contributed by atoms with Gasteiger partial charge in [0, 0.05) is 16.7 Å². The molecule has 3 aromatic rings. The highest BCUT2D eigenvalue weighted by atomic mass is 19.1. The van der Waals surface area contributed by atoms with Crippen molar-refractivity contribution in [2.45, 2.75) is 57.8 Å². The molecule has 0 spiro atoms. The smallest absolute Gasteiger partial charge is 0.129 e. The van der Waals surface area contributed by atoms with Crippen molar-refractivity contribution in [2.75, 3.05) is 0 Å². The van der Waals surface area contributed by atoms with E-state index in [2.05, 4.69) is 24.8 Å². The standard InChI is InChI=1S/C29H27F3/c1-2-3-4-5-22-17-27(31)29(28(32)18-22)25-13-12-23-16-21(8-11-24(23)19-25)7-6-20-9-14-26(30)15-10-20/h8-11,14-18,25H,2-5,12-13,19H2,1H3. The largest absolute Gasteiger partial charge is 0.207 e. The second-order valence-electron chi connectivity index (χ2n) is 8.61. The van der Waals surface area contributed by atoms with Gasteiger partial charge in [0.2, 0.25) is 0 Å². The lowest BCUT2D eigenvalue weighted by Gasteiger charge is -2.26. The lowest BCUT2D eigenvalue weighted by molar-refractivity contribution is 0.489. The van der Waals surface area contributed by atoms with E-state index < -0.39 is 11.6 Å². The zero-order chi connectivity index (χ0) is 22.5. The maximum atomic E-state index is 14.8. The Kier molecular flexibility index (Phi) is 7.00. The van der Waals surface area contributed by atoms with Gasteiger partial charge >= 0.3 is 0 Å². The molecule has 0 fully saturated rings. The second-order valence-corrected chi connectivity index (χ2v) is 8.61. The average molecular weight is 433 g/mol.